The van der Waals surface area contributed by atoms with E-state index in [1.165, 1.54) is 58.8 Å². The fraction of sp³-hybridized carbons (Fsp3) is 0. The molecule has 0 saturated heterocycles. The van der Waals surface area contributed by atoms with Gasteiger partial charge >= 0.3 is 0 Å². The Bertz CT molecular complexity index is 2410. The van der Waals surface area contributed by atoms with Gasteiger partial charge in [0.15, 0.2) is 0 Å². The Morgan fingerprint density at radius 3 is 1.64 bits per heavy atom. The zero-order valence-electron chi connectivity index (χ0n) is 24.5. The standard InChI is InChI=1S/C42H28N2S/c1-3-11-31(12-4-1)43(32-13-5-2-6-14-32)33-23-19-29(20-24-33)30-21-25-34(26-22-30)44-38-17-9-7-16-37(38)41-39(44)28-27-36-35-15-8-10-18-40(35)45-42(36)41/h1-28H. The van der Waals surface area contributed by atoms with Gasteiger partial charge in [0.05, 0.1) is 11.0 Å². The Hall–Kier alpha value is -5.64. The molecular weight excluding hydrogens is 565 g/mol. The summed E-state index contributed by atoms with van der Waals surface area (Å²) in [6.07, 6.45) is 0. The number of benzene rings is 7. The van der Waals surface area contributed by atoms with Crippen molar-refractivity contribution in [1.29, 1.82) is 0 Å². The third kappa shape index (κ3) is 4.24. The maximum atomic E-state index is 2.42. The van der Waals surface area contributed by atoms with Gasteiger partial charge in [-0.05, 0) is 77.9 Å². The van der Waals surface area contributed by atoms with E-state index < -0.39 is 0 Å². The summed E-state index contributed by atoms with van der Waals surface area (Å²) in [5.41, 5.74) is 9.45. The lowest BCUT2D eigenvalue weighted by Crippen LogP contribution is -2.09. The first kappa shape index (κ1) is 25.8. The lowest BCUT2D eigenvalue weighted by Gasteiger charge is -2.25. The van der Waals surface area contributed by atoms with Crippen LogP contribution in [0, 0.1) is 0 Å². The number of para-hydroxylation sites is 3. The van der Waals surface area contributed by atoms with Gasteiger partial charge in [0.2, 0.25) is 0 Å². The molecule has 45 heavy (non-hydrogen) atoms. The fourth-order valence-corrected chi connectivity index (χ4v) is 7.98. The highest BCUT2D eigenvalue weighted by Crippen LogP contribution is 2.43. The van der Waals surface area contributed by atoms with Gasteiger partial charge in [0, 0.05) is 53.7 Å². The molecule has 212 valence electrons. The van der Waals surface area contributed by atoms with E-state index in [2.05, 4.69) is 179 Å². The van der Waals surface area contributed by atoms with Crippen molar-refractivity contribution >= 4 is 70.4 Å². The first-order valence-electron chi connectivity index (χ1n) is 15.3. The van der Waals surface area contributed by atoms with Crippen molar-refractivity contribution in [1.82, 2.24) is 4.57 Å². The van der Waals surface area contributed by atoms with Crippen LogP contribution in [0.2, 0.25) is 0 Å². The molecule has 9 rings (SSSR count). The Morgan fingerprint density at radius 1 is 0.400 bits per heavy atom. The van der Waals surface area contributed by atoms with Crippen LogP contribution in [0.1, 0.15) is 0 Å². The van der Waals surface area contributed by atoms with Crippen molar-refractivity contribution in [3.8, 4) is 16.8 Å². The van der Waals surface area contributed by atoms with Gasteiger partial charge in [-0.3, -0.25) is 0 Å². The second-order valence-electron chi connectivity index (χ2n) is 11.4. The molecule has 0 aliphatic carbocycles. The normalized spacial score (nSPS) is 11.6. The predicted octanol–water partition coefficient (Wildman–Crippen LogP) is 12.3. The maximum absolute atomic E-state index is 2.42. The van der Waals surface area contributed by atoms with Gasteiger partial charge in [-0.15, -0.1) is 11.3 Å². The van der Waals surface area contributed by atoms with Crippen LogP contribution in [0.25, 0.3) is 58.8 Å². The van der Waals surface area contributed by atoms with Gasteiger partial charge in [0.25, 0.3) is 0 Å². The molecule has 0 spiro atoms. The molecule has 0 saturated carbocycles. The zero-order chi connectivity index (χ0) is 29.7. The molecule has 3 heteroatoms. The van der Waals surface area contributed by atoms with Crippen molar-refractivity contribution in [2.45, 2.75) is 0 Å². The van der Waals surface area contributed by atoms with E-state index in [0.29, 0.717) is 0 Å². The van der Waals surface area contributed by atoms with Crippen LogP contribution in [0.4, 0.5) is 17.1 Å². The molecular formula is C42H28N2S. The number of nitrogens with zero attached hydrogens (tertiary/aromatic N) is 2. The SMILES string of the molecule is c1ccc(N(c2ccccc2)c2ccc(-c3ccc(-n4c5ccccc5c5c6sc7ccccc7c6ccc54)cc3)cc2)cc1. The smallest absolute Gasteiger partial charge is 0.0555 e. The summed E-state index contributed by atoms with van der Waals surface area (Å²) < 4.78 is 5.11. The third-order valence-corrected chi connectivity index (χ3v) is 10.00. The van der Waals surface area contributed by atoms with E-state index in [1.54, 1.807) is 0 Å². The number of hydrogen-bond acceptors (Lipinski definition) is 2. The van der Waals surface area contributed by atoms with Gasteiger partial charge in [-0.25, -0.2) is 0 Å². The van der Waals surface area contributed by atoms with Crippen LogP contribution in [0.15, 0.2) is 170 Å². The number of rotatable bonds is 5. The average molecular weight is 593 g/mol. The summed E-state index contributed by atoms with van der Waals surface area (Å²) in [4.78, 5) is 2.29. The fourth-order valence-electron chi connectivity index (χ4n) is 6.72. The number of aromatic nitrogens is 1. The average Bonchev–Trinajstić information content (AvgIpc) is 3.66. The number of anilines is 3. The summed E-state index contributed by atoms with van der Waals surface area (Å²) in [6.45, 7) is 0. The zero-order valence-corrected chi connectivity index (χ0v) is 25.3. The maximum Gasteiger partial charge on any atom is 0.0555 e. The number of fused-ring (bicyclic) bond motifs is 7. The second kappa shape index (κ2) is 10.5. The molecule has 0 amide bonds. The van der Waals surface area contributed by atoms with E-state index in [-0.39, 0.29) is 0 Å². The van der Waals surface area contributed by atoms with E-state index in [0.717, 1.165) is 17.1 Å². The van der Waals surface area contributed by atoms with Gasteiger partial charge < -0.3 is 9.47 Å². The Kier molecular flexibility index (Phi) is 6.03. The largest absolute Gasteiger partial charge is 0.311 e. The van der Waals surface area contributed by atoms with Crippen LogP contribution < -0.4 is 4.90 Å². The molecule has 2 aromatic heterocycles. The molecule has 0 bridgehead atoms. The highest BCUT2D eigenvalue weighted by molar-refractivity contribution is 7.26. The minimum Gasteiger partial charge on any atom is -0.311 e. The molecule has 9 aromatic rings. The molecule has 0 radical (unpaired) electrons. The number of hydrogen-bond donors (Lipinski definition) is 0. The van der Waals surface area contributed by atoms with Crippen LogP contribution in [-0.4, -0.2) is 4.57 Å². The van der Waals surface area contributed by atoms with Crippen LogP contribution in [0.5, 0.6) is 0 Å². The Labute approximate surface area is 265 Å². The van der Waals surface area contributed by atoms with Gasteiger partial charge in [-0.1, -0.05) is 103 Å². The molecule has 2 nitrogen and oxygen atoms in total. The highest BCUT2D eigenvalue weighted by atomic mass is 32.1. The molecule has 0 aliphatic heterocycles. The summed E-state index contributed by atoms with van der Waals surface area (Å²) in [6, 6.07) is 61.1. The highest BCUT2D eigenvalue weighted by Gasteiger charge is 2.17. The quantitative estimate of drug-likeness (QED) is 0.193. The van der Waals surface area contributed by atoms with E-state index in [1.807, 2.05) is 11.3 Å². The van der Waals surface area contributed by atoms with Crippen LogP contribution in [-0.2, 0) is 0 Å². The van der Waals surface area contributed by atoms with E-state index in [9.17, 15) is 0 Å². The molecule has 7 aromatic carbocycles. The van der Waals surface area contributed by atoms with Gasteiger partial charge in [0.1, 0.15) is 0 Å². The van der Waals surface area contributed by atoms with Crippen molar-refractivity contribution in [3.05, 3.63) is 170 Å². The van der Waals surface area contributed by atoms with E-state index >= 15 is 0 Å². The summed E-state index contributed by atoms with van der Waals surface area (Å²) >= 11 is 1.90. The second-order valence-corrected chi connectivity index (χ2v) is 12.4. The van der Waals surface area contributed by atoms with Gasteiger partial charge in [-0.2, -0.15) is 0 Å². The monoisotopic (exact) mass is 592 g/mol. The molecule has 0 unspecified atom stereocenters. The lowest BCUT2D eigenvalue weighted by atomic mass is 10.0. The summed E-state index contributed by atoms with van der Waals surface area (Å²) in [7, 11) is 0. The van der Waals surface area contributed by atoms with Crippen LogP contribution in [0.3, 0.4) is 0 Å². The summed E-state index contributed by atoms with van der Waals surface area (Å²) in [5.74, 6) is 0. The van der Waals surface area contributed by atoms with Crippen molar-refractivity contribution in [2.75, 3.05) is 4.90 Å². The van der Waals surface area contributed by atoms with Crippen LogP contribution >= 0.6 is 11.3 Å². The topological polar surface area (TPSA) is 8.17 Å². The Balaban J connectivity index is 1.11. The lowest BCUT2D eigenvalue weighted by molar-refractivity contribution is 1.18. The Morgan fingerprint density at radius 2 is 0.956 bits per heavy atom. The first-order valence-corrected chi connectivity index (χ1v) is 16.1. The van der Waals surface area contributed by atoms with Crippen molar-refractivity contribution in [2.24, 2.45) is 0 Å². The van der Waals surface area contributed by atoms with Crippen molar-refractivity contribution in [3.63, 3.8) is 0 Å². The third-order valence-electron chi connectivity index (χ3n) is 8.79. The molecule has 2 heterocycles. The van der Waals surface area contributed by atoms with E-state index in [4.69, 9.17) is 0 Å². The molecule has 0 fully saturated rings. The molecule has 0 atom stereocenters. The summed E-state index contributed by atoms with van der Waals surface area (Å²) in [5, 5.41) is 5.31. The minimum atomic E-state index is 1.13. The molecule has 0 aliphatic rings. The molecule has 0 N–H and O–H groups in total. The first-order chi connectivity index (χ1) is 22.3. The minimum absolute atomic E-state index is 1.13. The number of thiophene rings is 1. The van der Waals surface area contributed by atoms with Crippen molar-refractivity contribution < 1.29 is 0 Å². The predicted molar refractivity (Wildman–Crippen MR) is 194 cm³/mol.